The molecule has 1 fully saturated rings. The maximum atomic E-state index is 13.2. The molecule has 0 saturated carbocycles. The van der Waals surface area contributed by atoms with Crippen LogP contribution in [0.15, 0.2) is 48.5 Å². The van der Waals surface area contributed by atoms with E-state index in [4.69, 9.17) is 5.26 Å². The van der Waals surface area contributed by atoms with Gasteiger partial charge in [0.15, 0.2) is 0 Å². The Hall–Kier alpha value is -2.81. The van der Waals surface area contributed by atoms with Crippen molar-refractivity contribution in [1.29, 1.82) is 5.26 Å². The van der Waals surface area contributed by atoms with Gasteiger partial charge in [0.1, 0.15) is 0 Å². The Kier molecular flexibility index (Phi) is 4.99. The molecule has 1 saturated heterocycles. The highest BCUT2D eigenvalue weighted by Crippen LogP contribution is 2.37. The summed E-state index contributed by atoms with van der Waals surface area (Å²) in [6.07, 6.45) is -2.88. The van der Waals surface area contributed by atoms with Crippen molar-refractivity contribution in [2.45, 2.75) is 19.0 Å². The topological polar surface area (TPSA) is 44.1 Å². The van der Waals surface area contributed by atoms with Crippen molar-refractivity contribution >= 4 is 5.91 Å². The molecule has 1 aliphatic rings. The minimum absolute atomic E-state index is 0.0847. The average Bonchev–Trinajstić information content (AvgIpc) is 2.67. The Labute approximate surface area is 149 Å². The molecular formula is C20H17F3N2O. The number of amides is 1. The minimum atomic E-state index is -4.44. The number of rotatable bonds is 2. The molecule has 1 heterocycles. The van der Waals surface area contributed by atoms with Gasteiger partial charge in [-0.3, -0.25) is 4.79 Å². The Morgan fingerprint density at radius 1 is 1.12 bits per heavy atom. The van der Waals surface area contributed by atoms with Crippen LogP contribution < -0.4 is 0 Å². The largest absolute Gasteiger partial charge is 0.417 e. The smallest absolute Gasteiger partial charge is 0.337 e. The molecule has 2 aromatic carbocycles. The van der Waals surface area contributed by atoms with Gasteiger partial charge < -0.3 is 4.90 Å². The van der Waals surface area contributed by atoms with Crippen molar-refractivity contribution in [2.24, 2.45) is 5.92 Å². The lowest BCUT2D eigenvalue weighted by Gasteiger charge is -2.29. The van der Waals surface area contributed by atoms with E-state index in [-0.39, 0.29) is 17.4 Å². The Bertz CT molecular complexity index is 837. The van der Waals surface area contributed by atoms with Crippen LogP contribution in [0.25, 0.3) is 11.1 Å². The molecule has 3 nitrogen and oxygen atoms in total. The van der Waals surface area contributed by atoms with E-state index in [2.05, 4.69) is 6.07 Å². The first-order chi connectivity index (χ1) is 12.4. The van der Waals surface area contributed by atoms with Gasteiger partial charge in [-0.25, -0.2) is 0 Å². The van der Waals surface area contributed by atoms with Crippen LogP contribution in [-0.4, -0.2) is 23.9 Å². The monoisotopic (exact) mass is 358 g/mol. The predicted molar refractivity (Wildman–Crippen MR) is 91.1 cm³/mol. The van der Waals surface area contributed by atoms with Crippen LogP contribution in [0.2, 0.25) is 0 Å². The zero-order chi connectivity index (χ0) is 18.7. The zero-order valence-electron chi connectivity index (χ0n) is 14.0. The highest BCUT2D eigenvalue weighted by molar-refractivity contribution is 5.94. The lowest BCUT2D eigenvalue weighted by atomic mass is 9.97. The molecule has 2 aromatic rings. The van der Waals surface area contributed by atoms with Crippen LogP contribution in [0, 0.1) is 17.2 Å². The van der Waals surface area contributed by atoms with E-state index in [9.17, 15) is 18.0 Å². The number of piperidine rings is 1. The van der Waals surface area contributed by atoms with Crippen LogP contribution in [0.1, 0.15) is 28.8 Å². The lowest BCUT2D eigenvalue weighted by Crippen LogP contribution is -2.39. The number of halogens is 3. The number of carbonyl (C=O) groups excluding carboxylic acids is 1. The summed E-state index contributed by atoms with van der Waals surface area (Å²) in [5.41, 5.74) is 0.202. The normalized spacial score (nSPS) is 17.6. The van der Waals surface area contributed by atoms with Gasteiger partial charge in [0.2, 0.25) is 0 Å². The maximum Gasteiger partial charge on any atom is 0.417 e. The van der Waals surface area contributed by atoms with Gasteiger partial charge in [0.25, 0.3) is 5.91 Å². The third kappa shape index (κ3) is 3.72. The highest BCUT2D eigenvalue weighted by Gasteiger charge is 2.33. The van der Waals surface area contributed by atoms with Gasteiger partial charge in [-0.1, -0.05) is 30.3 Å². The fraction of sp³-hybridized carbons (Fsp3) is 0.300. The van der Waals surface area contributed by atoms with Crippen LogP contribution in [-0.2, 0) is 6.18 Å². The SMILES string of the molecule is N#CC1CCCN(C(=O)c2ccc(-c3ccccc3C(F)(F)F)cc2)C1. The Balaban J connectivity index is 1.84. The summed E-state index contributed by atoms with van der Waals surface area (Å²) in [4.78, 5) is 14.2. The molecule has 6 heteroatoms. The van der Waals surface area contributed by atoms with Crippen LogP contribution in [0.4, 0.5) is 13.2 Å². The summed E-state index contributed by atoms with van der Waals surface area (Å²) in [7, 11) is 0. The molecule has 0 spiro atoms. The van der Waals surface area contributed by atoms with Crippen molar-refractivity contribution < 1.29 is 18.0 Å². The fourth-order valence-corrected chi connectivity index (χ4v) is 3.22. The molecule has 0 aliphatic carbocycles. The van der Waals surface area contributed by atoms with Crippen molar-refractivity contribution in [3.05, 3.63) is 59.7 Å². The van der Waals surface area contributed by atoms with Crippen LogP contribution >= 0.6 is 0 Å². The average molecular weight is 358 g/mol. The molecule has 134 valence electrons. The lowest BCUT2D eigenvalue weighted by molar-refractivity contribution is -0.137. The molecule has 1 unspecified atom stereocenters. The van der Waals surface area contributed by atoms with Gasteiger partial charge in [-0.15, -0.1) is 0 Å². The highest BCUT2D eigenvalue weighted by atomic mass is 19.4. The molecule has 26 heavy (non-hydrogen) atoms. The minimum Gasteiger partial charge on any atom is -0.337 e. The van der Waals surface area contributed by atoms with Crippen molar-refractivity contribution in [3.63, 3.8) is 0 Å². The van der Waals surface area contributed by atoms with Gasteiger partial charge in [-0.05, 0) is 42.2 Å². The predicted octanol–water partition coefficient (Wildman–Crippen LogP) is 4.75. The second kappa shape index (κ2) is 7.20. The van der Waals surface area contributed by atoms with E-state index in [0.717, 1.165) is 18.9 Å². The van der Waals surface area contributed by atoms with E-state index >= 15 is 0 Å². The molecule has 0 aromatic heterocycles. The van der Waals surface area contributed by atoms with E-state index in [0.29, 0.717) is 24.2 Å². The summed E-state index contributed by atoms with van der Waals surface area (Å²) in [5, 5.41) is 9.04. The maximum absolute atomic E-state index is 13.2. The quantitative estimate of drug-likeness (QED) is 0.778. The van der Waals surface area contributed by atoms with E-state index in [1.807, 2.05) is 0 Å². The summed E-state index contributed by atoms with van der Waals surface area (Å²) < 4.78 is 39.5. The second-order valence-corrected chi connectivity index (χ2v) is 6.34. The molecule has 0 bridgehead atoms. The van der Waals surface area contributed by atoms with Crippen molar-refractivity contribution in [2.75, 3.05) is 13.1 Å². The van der Waals surface area contributed by atoms with Gasteiger partial charge in [-0.2, -0.15) is 18.4 Å². The number of carbonyl (C=O) groups is 1. The number of likely N-dealkylation sites (tertiary alicyclic amines) is 1. The molecule has 3 rings (SSSR count). The molecular weight excluding hydrogens is 341 g/mol. The summed E-state index contributed by atoms with van der Waals surface area (Å²) in [5.74, 6) is -0.355. The number of hydrogen-bond acceptors (Lipinski definition) is 2. The van der Waals surface area contributed by atoms with E-state index in [1.54, 1.807) is 23.1 Å². The first kappa shape index (κ1) is 18.0. The third-order valence-electron chi connectivity index (χ3n) is 4.57. The Morgan fingerprint density at radius 3 is 2.46 bits per heavy atom. The molecule has 0 N–H and O–H groups in total. The summed E-state index contributed by atoms with van der Waals surface area (Å²) in [6, 6.07) is 13.7. The molecule has 1 aliphatic heterocycles. The number of nitrogens with zero attached hydrogens (tertiary/aromatic N) is 2. The second-order valence-electron chi connectivity index (χ2n) is 6.34. The molecule has 1 atom stereocenters. The fourth-order valence-electron chi connectivity index (χ4n) is 3.22. The van der Waals surface area contributed by atoms with Crippen LogP contribution in [0.5, 0.6) is 0 Å². The number of benzene rings is 2. The first-order valence-corrected chi connectivity index (χ1v) is 8.35. The van der Waals surface area contributed by atoms with Gasteiger partial charge in [0, 0.05) is 18.7 Å². The standard InChI is InChI=1S/C20H17F3N2O/c21-20(22,23)18-6-2-1-5-17(18)15-7-9-16(10-8-15)19(26)25-11-3-4-14(12-24)13-25/h1-2,5-10,14H,3-4,11,13H2. The number of alkyl halides is 3. The van der Waals surface area contributed by atoms with Crippen molar-refractivity contribution in [1.82, 2.24) is 4.90 Å². The first-order valence-electron chi connectivity index (χ1n) is 8.35. The Morgan fingerprint density at radius 2 is 1.81 bits per heavy atom. The third-order valence-corrected chi connectivity index (χ3v) is 4.57. The van der Waals surface area contributed by atoms with E-state index in [1.165, 1.54) is 24.3 Å². The molecule has 1 amide bonds. The number of hydrogen-bond donors (Lipinski definition) is 0. The summed E-state index contributed by atoms with van der Waals surface area (Å²) in [6.45, 7) is 0.990. The van der Waals surface area contributed by atoms with Gasteiger partial charge in [0.05, 0.1) is 17.6 Å². The summed E-state index contributed by atoms with van der Waals surface area (Å²) >= 11 is 0. The van der Waals surface area contributed by atoms with Crippen LogP contribution in [0.3, 0.4) is 0 Å². The van der Waals surface area contributed by atoms with E-state index < -0.39 is 11.7 Å². The number of nitriles is 1. The molecule has 0 radical (unpaired) electrons. The zero-order valence-corrected chi connectivity index (χ0v) is 14.0. The van der Waals surface area contributed by atoms with Crippen molar-refractivity contribution in [3.8, 4) is 17.2 Å². The van der Waals surface area contributed by atoms with Gasteiger partial charge >= 0.3 is 6.18 Å².